The summed E-state index contributed by atoms with van der Waals surface area (Å²) in [6.07, 6.45) is -3.38. The van der Waals surface area contributed by atoms with Crippen LogP contribution in [0.15, 0.2) is 29.4 Å². The van der Waals surface area contributed by atoms with Crippen molar-refractivity contribution in [2.24, 2.45) is 5.10 Å². The monoisotopic (exact) mass is 302 g/mol. The fourth-order valence-electron chi connectivity index (χ4n) is 1.40. The van der Waals surface area contributed by atoms with Crippen LogP contribution >= 0.6 is 12.2 Å². The van der Waals surface area contributed by atoms with Gasteiger partial charge in [-0.05, 0) is 42.0 Å². The van der Waals surface area contributed by atoms with Crippen LogP contribution in [0.5, 0.6) is 5.75 Å². The van der Waals surface area contributed by atoms with E-state index in [-0.39, 0.29) is 4.77 Å². The molecule has 5 nitrogen and oxygen atoms in total. The lowest BCUT2D eigenvalue weighted by Crippen LogP contribution is -2.12. The van der Waals surface area contributed by atoms with Gasteiger partial charge in [-0.3, -0.25) is 0 Å². The van der Waals surface area contributed by atoms with Gasteiger partial charge in [-0.25, -0.2) is 5.10 Å². The molecule has 1 aromatic heterocycles. The highest BCUT2D eigenvalue weighted by Crippen LogP contribution is 2.27. The molecule has 0 atom stereocenters. The van der Waals surface area contributed by atoms with Crippen molar-refractivity contribution in [3.8, 4) is 5.75 Å². The average molecular weight is 302 g/mol. The van der Waals surface area contributed by atoms with Crippen LogP contribution in [0.2, 0.25) is 0 Å². The number of rotatable bonds is 3. The van der Waals surface area contributed by atoms with E-state index in [4.69, 9.17) is 17.0 Å². The molecule has 0 aliphatic rings. The van der Waals surface area contributed by atoms with Crippen LogP contribution in [0.4, 0.5) is 13.2 Å². The maximum atomic E-state index is 12.6. The minimum Gasteiger partial charge on any atom is -0.497 e. The number of benzene rings is 1. The summed E-state index contributed by atoms with van der Waals surface area (Å²) in [6, 6.07) is 6.64. The highest BCUT2D eigenvalue weighted by Gasteiger charge is 2.37. The van der Waals surface area contributed by atoms with Gasteiger partial charge >= 0.3 is 6.18 Å². The van der Waals surface area contributed by atoms with Gasteiger partial charge in [0, 0.05) is 0 Å². The Morgan fingerprint density at radius 1 is 1.35 bits per heavy atom. The van der Waals surface area contributed by atoms with Crippen molar-refractivity contribution < 1.29 is 17.9 Å². The largest absolute Gasteiger partial charge is 0.497 e. The summed E-state index contributed by atoms with van der Waals surface area (Å²) in [5.74, 6) is -0.565. The SMILES string of the molecule is COc1ccc(/C=N\n2c(C(F)(F)F)n[nH]c2=S)cc1. The highest BCUT2D eigenvalue weighted by atomic mass is 32.1. The molecule has 2 rings (SSSR count). The lowest BCUT2D eigenvalue weighted by molar-refractivity contribution is -0.147. The van der Waals surface area contributed by atoms with Crippen molar-refractivity contribution in [2.45, 2.75) is 6.18 Å². The van der Waals surface area contributed by atoms with E-state index in [0.29, 0.717) is 16.0 Å². The first kappa shape index (κ1) is 14.3. The third-order valence-corrected chi connectivity index (χ3v) is 2.61. The topological polar surface area (TPSA) is 55.2 Å². The quantitative estimate of drug-likeness (QED) is 0.700. The summed E-state index contributed by atoms with van der Waals surface area (Å²) in [6.45, 7) is 0. The first-order valence-electron chi connectivity index (χ1n) is 5.35. The van der Waals surface area contributed by atoms with Crippen LogP contribution < -0.4 is 4.74 Å². The van der Waals surface area contributed by atoms with E-state index in [1.165, 1.54) is 13.3 Å². The molecule has 0 unspecified atom stereocenters. The smallest absolute Gasteiger partial charge is 0.453 e. The van der Waals surface area contributed by atoms with Crippen molar-refractivity contribution in [1.29, 1.82) is 0 Å². The first-order chi connectivity index (χ1) is 9.41. The van der Waals surface area contributed by atoms with Gasteiger partial charge in [0.25, 0.3) is 5.82 Å². The number of H-pyrrole nitrogens is 1. The predicted molar refractivity (Wildman–Crippen MR) is 68.4 cm³/mol. The van der Waals surface area contributed by atoms with Crippen molar-refractivity contribution in [1.82, 2.24) is 14.9 Å². The Morgan fingerprint density at radius 2 is 2.00 bits per heavy atom. The Labute approximate surface area is 116 Å². The lowest BCUT2D eigenvalue weighted by atomic mass is 10.2. The second-order valence-electron chi connectivity index (χ2n) is 3.68. The Balaban J connectivity index is 2.31. The van der Waals surface area contributed by atoms with Crippen molar-refractivity contribution >= 4 is 18.4 Å². The number of halogens is 3. The molecule has 20 heavy (non-hydrogen) atoms. The number of aromatic amines is 1. The number of nitrogens with zero attached hydrogens (tertiary/aromatic N) is 3. The van der Waals surface area contributed by atoms with Gasteiger partial charge in [0.05, 0.1) is 13.3 Å². The molecule has 0 radical (unpaired) electrons. The first-order valence-corrected chi connectivity index (χ1v) is 5.75. The number of hydrogen-bond acceptors (Lipinski definition) is 4. The molecule has 0 bridgehead atoms. The van der Waals surface area contributed by atoms with Crippen molar-refractivity contribution in [3.63, 3.8) is 0 Å². The van der Waals surface area contributed by atoms with E-state index in [9.17, 15) is 13.2 Å². The Kier molecular flexibility index (Phi) is 3.89. The molecule has 0 saturated carbocycles. The molecule has 0 aliphatic carbocycles. The van der Waals surface area contributed by atoms with Gasteiger partial charge < -0.3 is 4.74 Å². The highest BCUT2D eigenvalue weighted by molar-refractivity contribution is 7.71. The molecule has 0 aliphatic heterocycles. The number of methoxy groups -OCH3 is 1. The molecule has 0 spiro atoms. The van der Waals surface area contributed by atoms with E-state index in [2.05, 4.69) is 15.3 Å². The average Bonchev–Trinajstić information content (AvgIpc) is 2.78. The van der Waals surface area contributed by atoms with Crippen LogP contribution in [0.3, 0.4) is 0 Å². The summed E-state index contributed by atoms with van der Waals surface area (Å²) < 4.78 is 43.2. The second kappa shape index (κ2) is 5.45. The van der Waals surface area contributed by atoms with Crippen LogP contribution in [0.1, 0.15) is 11.4 Å². The molecule has 0 amide bonds. The number of aromatic nitrogens is 3. The third-order valence-electron chi connectivity index (χ3n) is 2.34. The third kappa shape index (κ3) is 3.05. The summed E-state index contributed by atoms with van der Waals surface area (Å²) >= 11 is 4.71. The number of ether oxygens (including phenoxy) is 1. The Bertz CT molecular complexity index is 672. The minimum atomic E-state index is -4.63. The van der Waals surface area contributed by atoms with Gasteiger partial charge in [-0.2, -0.15) is 22.9 Å². The van der Waals surface area contributed by atoms with Gasteiger partial charge in [-0.1, -0.05) is 0 Å². The summed E-state index contributed by atoms with van der Waals surface area (Å²) in [4.78, 5) is 0. The zero-order chi connectivity index (χ0) is 14.8. The van der Waals surface area contributed by atoms with Crippen LogP contribution in [0.25, 0.3) is 0 Å². The van der Waals surface area contributed by atoms with Gasteiger partial charge in [0.15, 0.2) is 0 Å². The molecular formula is C11H9F3N4OS. The number of alkyl halides is 3. The number of hydrogen-bond donors (Lipinski definition) is 1. The molecule has 1 heterocycles. The molecule has 9 heteroatoms. The summed E-state index contributed by atoms with van der Waals surface area (Å²) in [5, 5.41) is 8.86. The molecule has 1 N–H and O–H groups in total. The zero-order valence-electron chi connectivity index (χ0n) is 10.2. The van der Waals surface area contributed by atoms with E-state index < -0.39 is 12.0 Å². The molecule has 1 aromatic carbocycles. The predicted octanol–water partition coefficient (Wildman–Crippen LogP) is 2.85. The van der Waals surface area contributed by atoms with Gasteiger partial charge in [0.2, 0.25) is 4.77 Å². The minimum absolute atomic E-state index is 0.234. The van der Waals surface area contributed by atoms with Gasteiger partial charge in [-0.15, -0.1) is 5.10 Å². The lowest BCUT2D eigenvalue weighted by Gasteiger charge is -2.04. The molecule has 106 valence electrons. The maximum absolute atomic E-state index is 12.6. The van der Waals surface area contributed by atoms with E-state index in [1.807, 2.05) is 0 Å². The molecule has 2 aromatic rings. The number of nitrogens with one attached hydrogen (secondary N) is 1. The molecule has 0 saturated heterocycles. The molecule has 0 fully saturated rings. The summed E-state index contributed by atoms with van der Waals surface area (Å²) in [7, 11) is 1.52. The summed E-state index contributed by atoms with van der Waals surface area (Å²) in [5.41, 5.74) is 0.599. The Morgan fingerprint density at radius 3 is 2.55 bits per heavy atom. The fraction of sp³-hybridized carbons (Fsp3) is 0.182. The molecular weight excluding hydrogens is 293 g/mol. The van der Waals surface area contributed by atoms with Crippen LogP contribution in [-0.4, -0.2) is 28.2 Å². The Hall–Kier alpha value is -2.16. The van der Waals surface area contributed by atoms with E-state index >= 15 is 0 Å². The standard InChI is InChI=1S/C11H9F3N4OS/c1-19-8-4-2-7(3-5-8)6-15-18-9(11(12,13)14)16-17-10(18)20/h2-6H,1H3,(H,17,20)/b15-6-. The van der Waals surface area contributed by atoms with Crippen LogP contribution in [-0.2, 0) is 6.18 Å². The van der Waals surface area contributed by atoms with Crippen molar-refractivity contribution in [3.05, 3.63) is 40.4 Å². The zero-order valence-corrected chi connectivity index (χ0v) is 11.0. The maximum Gasteiger partial charge on any atom is 0.453 e. The fourth-order valence-corrected chi connectivity index (χ4v) is 1.58. The van der Waals surface area contributed by atoms with E-state index in [1.54, 1.807) is 24.3 Å². The normalized spacial score (nSPS) is 12.0. The van der Waals surface area contributed by atoms with E-state index in [0.717, 1.165) is 0 Å². The van der Waals surface area contributed by atoms with Crippen LogP contribution in [0, 0.1) is 4.77 Å². The van der Waals surface area contributed by atoms with Gasteiger partial charge in [0.1, 0.15) is 5.75 Å². The van der Waals surface area contributed by atoms with Crippen molar-refractivity contribution in [2.75, 3.05) is 7.11 Å². The second-order valence-corrected chi connectivity index (χ2v) is 4.07.